The molecule has 0 saturated heterocycles. The van der Waals surface area contributed by atoms with E-state index in [1.165, 1.54) is 6.92 Å². The lowest BCUT2D eigenvalue weighted by molar-refractivity contribution is -0.125. The van der Waals surface area contributed by atoms with Gasteiger partial charge in [0.25, 0.3) is 0 Å². The fraction of sp³-hybridized carbons (Fsp3) is 0.385. The van der Waals surface area contributed by atoms with Crippen LogP contribution in [0, 0.1) is 11.3 Å². The van der Waals surface area contributed by atoms with Gasteiger partial charge in [0.1, 0.15) is 5.75 Å². The molecule has 0 amide bonds. The number of alkyl halides is 1. The predicted molar refractivity (Wildman–Crippen MR) is 71.1 cm³/mol. The van der Waals surface area contributed by atoms with Crippen LogP contribution in [0.5, 0.6) is 5.75 Å². The van der Waals surface area contributed by atoms with Crippen LogP contribution in [0.2, 0.25) is 5.02 Å². The molecule has 0 bridgehead atoms. The molecule has 3 nitrogen and oxygen atoms in total. The number of ketones is 1. The molecular weight excluding hydrogens is 273 g/mol. The number of nitriles is 1. The highest BCUT2D eigenvalue weighted by atomic mass is 35.5. The van der Waals surface area contributed by atoms with Gasteiger partial charge in [-0.15, -0.1) is 11.6 Å². The first-order chi connectivity index (χ1) is 8.59. The van der Waals surface area contributed by atoms with E-state index in [-0.39, 0.29) is 11.7 Å². The first-order valence-electron chi connectivity index (χ1n) is 5.43. The molecule has 0 radical (unpaired) electrons. The Hall–Kier alpha value is -1.24. The van der Waals surface area contributed by atoms with Gasteiger partial charge in [0.05, 0.1) is 17.0 Å². The molecule has 0 aromatic heterocycles. The summed E-state index contributed by atoms with van der Waals surface area (Å²) in [5, 5.41) is 7.84. The summed E-state index contributed by atoms with van der Waals surface area (Å²) >= 11 is 11.5. The Morgan fingerprint density at radius 3 is 2.50 bits per heavy atom. The van der Waals surface area contributed by atoms with Crippen LogP contribution in [0.3, 0.4) is 0 Å². The molecule has 2 rings (SSSR count). The van der Waals surface area contributed by atoms with E-state index in [0.717, 1.165) is 12.8 Å². The third-order valence-electron chi connectivity index (χ3n) is 2.48. The average Bonchev–Trinajstić information content (AvgIpc) is 3.13. The Bertz CT molecular complexity index is 464. The summed E-state index contributed by atoms with van der Waals surface area (Å²) in [6.45, 7) is 1.43. The maximum absolute atomic E-state index is 11.5. The molecular formula is C13H13Cl2NO2. The molecule has 0 spiro atoms. The zero-order valence-electron chi connectivity index (χ0n) is 9.95. The largest absolute Gasteiger partial charge is 0.478 e. The topological polar surface area (TPSA) is 50.1 Å². The molecule has 0 atom stereocenters. The number of carbonyl (C=O) groups is 1. The highest BCUT2D eigenvalue weighted by molar-refractivity contribution is 6.32. The zero-order valence-corrected chi connectivity index (χ0v) is 11.5. The van der Waals surface area contributed by atoms with Crippen LogP contribution >= 0.6 is 23.2 Å². The van der Waals surface area contributed by atoms with Crippen LogP contribution in [0.15, 0.2) is 24.3 Å². The molecule has 0 aliphatic heterocycles. The van der Waals surface area contributed by atoms with E-state index >= 15 is 0 Å². The molecule has 1 aliphatic carbocycles. The maximum atomic E-state index is 11.5. The second-order valence-corrected chi connectivity index (χ2v) is 4.48. The van der Waals surface area contributed by atoms with Crippen LogP contribution in [-0.2, 0) is 4.79 Å². The van der Waals surface area contributed by atoms with Gasteiger partial charge in [-0.05, 0) is 25.0 Å². The van der Waals surface area contributed by atoms with Crippen molar-refractivity contribution in [1.29, 1.82) is 5.26 Å². The number of para-hydroxylation sites is 1. The van der Waals surface area contributed by atoms with Gasteiger partial charge in [0.2, 0.25) is 0 Å². The van der Waals surface area contributed by atoms with Crippen molar-refractivity contribution in [1.82, 2.24) is 0 Å². The Labute approximate surface area is 116 Å². The van der Waals surface area contributed by atoms with E-state index < -0.39 is 5.60 Å². The quantitative estimate of drug-likeness (QED) is 0.795. The van der Waals surface area contributed by atoms with E-state index in [0.29, 0.717) is 10.8 Å². The van der Waals surface area contributed by atoms with Gasteiger partial charge in [-0.25, -0.2) is 0 Å². The number of nitrogens with zero attached hydrogens (tertiary/aromatic N) is 1. The minimum Gasteiger partial charge on any atom is -0.478 e. The Morgan fingerprint density at radius 2 is 2.06 bits per heavy atom. The Balaban J connectivity index is 0.000000492. The zero-order chi connectivity index (χ0) is 13.6. The molecule has 1 aliphatic rings. The van der Waals surface area contributed by atoms with Crippen LogP contribution in [0.25, 0.3) is 0 Å². The maximum Gasteiger partial charge on any atom is 0.190 e. The summed E-state index contributed by atoms with van der Waals surface area (Å²) < 4.78 is 5.63. The van der Waals surface area contributed by atoms with E-state index in [1.807, 2.05) is 12.1 Å². The molecule has 1 aromatic carbocycles. The highest BCUT2D eigenvalue weighted by Gasteiger charge is 2.52. The Morgan fingerprint density at radius 1 is 1.50 bits per heavy atom. The first-order valence-corrected chi connectivity index (χ1v) is 6.34. The normalized spacial score (nSPS) is 14.8. The summed E-state index contributed by atoms with van der Waals surface area (Å²) in [5.74, 6) is 0.476. The molecule has 1 saturated carbocycles. The van der Waals surface area contributed by atoms with Crippen molar-refractivity contribution in [2.45, 2.75) is 25.4 Å². The van der Waals surface area contributed by atoms with E-state index in [2.05, 4.69) is 0 Å². The summed E-state index contributed by atoms with van der Waals surface area (Å²) in [6.07, 6.45) is 1.45. The number of ether oxygens (including phenoxy) is 1. The van der Waals surface area contributed by atoms with Crippen LogP contribution in [0.4, 0.5) is 0 Å². The number of carbonyl (C=O) groups excluding carboxylic acids is 1. The number of Topliss-reactive ketones (excluding diaryl/α,β-unsaturated/α-hetero) is 1. The number of benzene rings is 1. The lowest BCUT2D eigenvalue weighted by Gasteiger charge is -2.16. The number of hydrogen-bond donors (Lipinski definition) is 0. The van der Waals surface area contributed by atoms with Crippen LogP contribution in [-0.4, -0.2) is 17.3 Å². The third-order valence-corrected chi connectivity index (χ3v) is 3.03. The highest BCUT2D eigenvalue weighted by Crippen LogP contribution is 2.42. The van der Waals surface area contributed by atoms with Gasteiger partial charge in [-0.1, -0.05) is 23.7 Å². The van der Waals surface area contributed by atoms with Crippen molar-refractivity contribution in [3.05, 3.63) is 29.3 Å². The summed E-state index contributed by atoms with van der Waals surface area (Å²) in [6, 6.07) is 8.88. The SMILES string of the molecule is CC#N.O=C(CCl)C1(Oc2ccccc2Cl)CC1. The van der Waals surface area contributed by atoms with Gasteiger partial charge < -0.3 is 4.74 Å². The molecule has 5 heteroatoms. The van der Waals surface area contributed by atoms with Gasteiger partial charge in [0, 0.05) is 6.92 Å². The molecule has 96 valence electrons. The molecule has 0 N–H and O–H groups in total. The molecule has 1 fully saturated rings. The Kier molecular flexibility index (Phi) is 5.46. The minimum atomic E-state index is -0.702. The first kappa shape index (κ1) is 14.8. The number of hydrogen-bond acceptors (Lipinski definition) is 3. The molecule has 0 unspecified atom stereocenters. The fourth-order valence-corrected chi connectivity index (χ4v) is 1.83. The molecule has 1 aromatic rings. The predicted octanol–water partition coefficient (Wildman–Crippen LogP) is 3.59. The second kappa shape index (κ2) is 6.63. The third kappa shape index (κ3) is 3.63. The molecule has 18 heavy (non-hydrogen) atoms. The van der Waals surface area contributed by atoms with Crippen LogP contribution < -0.4 is 4.74 Å². The summed E-state index contributed by atoms with van der Waals surface area (Å²) in [7, 11) is 0. The van der Waals surface area contributed by atoms with Crippen molar-refractivity contribution in [2.24, 2.45) is 0 Å². The van der Waals surface area contributed by atoms with Gasteiger partial charge in [-0.3, -0.25) is 4.79 Å². The monoisotopic (exact) mass is 285 g/mol. The van der Waals surface area contributed by atoms with Crippen molar-refractivity contribution >= 4 is 29.0 Å². The van der Waals surface area contributed by atoms with Crippen LogP contribution in [0.1, 0.15) is 19.8 Å². The van der Waals surface area contributed by atoms with Gasteiger partial charge in [0.15, 0.2) is 11.4 Å². The van der Waals surface area contributed by atoms with Crippen molar-refractivity contribution in [3.63, 3.8) is 0 Å². The summed E-state index contributed by atoms with van der Waals surface area (Å²) in [5.41, 5.74) is -0.702. The van der Waals surface area contributed by atoms with Gasteiger partial charge >= 0.3 is 0 Å². The van der Waals surface area contributed by atoms with Gasteiger partial charge in [-0.2, -0.15) is 5.26 Å². The average molecular weight is 286 g/mol. The summed E-state index contributed by atoms with van der Waals surface area (Å²) in [4.78, 5) is 11.5. The standard InChI is InChI=1S/C11H10Cl2O2.C2H3N/c12-7-10(14)11(5-6-11)15-9-4-2-1-3-8(9)13;1-2-3/h1-4H,5-7H2;1H3. The lowest BCUT2D eigenvalue weighted by atomic mass is 10.2. The van der Waals surface area contributed by atoms with Crippen molar-refractivity contribution in [2.75, 3.05) is 5.88 Å². The number of halogens is 2. The minimum absolute atomic E-state index is 0.00947. The van der Waals surface area contributed by atoms with Crippen molar-refractivity contribution < 1.29 is 9.53 Å². The number of rotatable bonds is 4. The van der Waals surface area contributed by atoms with E-state index in [4.69, 9.17) is 33.2 Å². The molecule has 0 heterocycles. The fourth-order valence-electron chi connectivity index (χ4n) is 1.41. The smallest absolute Gasteiger partial charge is 0.190 e. The second-order valence-electron chi connectivity index (χ2n) is 3.81. The van der Waals surface area contributed by atoms with E-state index in [1.54, 1.807) is 18.2 Å². The van der Waals surface area contributed by atoms with E-state index in [9.17, 15) is 4.79 Å². The lowest BCUT2D eigenvalue weighted by Crippen LogP contribution is -2.30. The van der Waals surface area contributed by atoms with Crippen molar-refractivity contribution in [3.8, 4) is 11.8 Å².